The Kier molecular flexibility index (Phi) is 4.32. The van der Waals surface area contributed by atoms with Crippen LogP contribution in [0.3, 0.4) is 0 Å². The minimum absolute atomic E-state index is 0.0958. The third-order valence-corrected chi connectivity index (χ3v) is 4.89. The van der Waals surface area contributed by atoms with Gasteiger partial charge < -0.3 is 15.4 Å². The van der Waals surface area contributed by atoms with Gasteiger partial charge in [0, 0.05) is 18.6 Å². The molecule has 1 aromatic carbocycles. The van der Waals surface area contributed by atoms with Gasteiger partial charge in [0.1, 0.15) is 11.4 Å². The lowest BCUT2D eigenvalue weighted by Gasteiger charge is -2.34. The topological polar surface area (TPSA) is 55.6 Å². The van der Waals surface area contributed by atoms with E-state index in [1.54, 1.807) is 6.07 Å². The van der Waals surface area contributed by atoms with Gasteiger partial charge in [-0.1, -0.05) is 6.07 Å². The number of esters is 1. The van der Waals surface area contributed by atoms with E-state index >= 15 is 0 Å². The molecular weight excluding hydrogens is 307 g/mol. The molecular formula is C19H27FN2O2. The monoisotopic (exact) mass is 334 g/mol. The zero-order valence-electron chi connectivity index (χ0n) is 14.8. The van der Waals surface area contributed by atoms with Gasteiger partial charge >= 0.3 is 5.97 Å². The van der Waals surface area contributed by atoms with E-state index in [0.717, 1.165) is 18.4 Å². The van der Waals surface area contributed by atoms with Crippen LogP contribution < -0.4 is 10.6 Å². The molecule has 1 saturated heterocycles. The summed E-state index contributed by atoms with van der Waals surface area (Å²) in [5, 5.41) is 0. The number of nitrogens with two attached hydrogens (primary N) is 1. The summed E-state index contributed by atoms with van der Waals surface area (Å²) in [5.74, 6) is -0.460. The highest BCUT2D eigenvalue weighted by atomic mass is 19.1. The van der Waals surface area contributed by atoms with E-state index in [1.165, 1.54) is 0 Å². The fraction of sp³-hybridized carbons (Fsp3) is 0.632. The Bertz CT molecular complexity index is 627. The van der Waals surface area contributed by atoms with Crippen molar-refractivity contribution in [3.8, 4) is 0 Å². The predicted molar refractivity (Wildman–Crippen MR) is 92.3 cm³/mol. The van der Waals surface area contributed by atoms with Gasteiger partial charge in [0.25, 0.3) is 0 Å². The second kappa shape index (κ2) is 6.03. The molecule has 132 valence electrons. The van der Waals surface area contributed by atoms with E-state index < -0.39 is 5.60 Å². The van der Waals surface area contributed by atoms with Crippen LogP contribution in [0.4, 0.5) is 10.1 Å². The van der Waals surface area contributed by atoms with E-state index in [4.69, 9.17) is 10.5 Å². The van der Waals surface area contributed by atoms with Crippen molar-refractivity contribution in [1.82, 2.24) is 0 Å². The summed E-state index contributed by atoms with van der Waals surface area (Å²) in [7, 11) is 0. The maximum atomic E-state index is 14.5. The third-order valence-electron chi connectivity index (χ3n) is 4.89. The fourth-order valence-electron chi connectivity index (χ4n) is 3.24. The summed E-state index contributed by atoms with van der Waals surface area (Å²) >= 11 is 0. The fourth-order valence-corrected chi connectivity index (χ4v) is 3.24. The molecule has 1 aliphatic heterocycles. The van der Waals surface area contributed by atoms with Crippen LogP contribution in [0.25, 0.3) is 0 Å². The van der Waals surface area contributed by atoms with Crippen LogP contribution in [-0.2, 0) is 15.1 Å². The highest BCUT2D eigenvalue weighted by Crippen LogP contribution is 2.43. The molecule has 3 rings (SSSR count). The van der Waals surface area contributed by atoms with Crippen LogP contribution >= 0.6 is 0 Å². The van der Waals surface area contributed by atoms with Crippen molar-refractivity contribution in [2.45, 2.75) is 57.6 Å². The van der Waals surface area contributed by atoms with Crippen LogP contribution in [0, 0.1) is 11.7 Å². The quantitative estimate of drug-likeness (QED) is 0.862. The van der Waals surface area contributed by atoms with Crippen molar-refractivity contribution in [1.29, 1.82) is 0 Å². The molecule has 0 unspecified atom stereocenters. The maximum absolute atomic E-state index is 14.5. The average molecular weight is 334 g/mol. The SMILES string of the molecule is CC(C)(C)OC(=O)C1CCN(c2ccc(C3(N)CC3)cc2F)CC1. The van der Waals surface area contributed by atoms with Crippen molar-refractivity contribution in [2.24, 2.45) is 11.7 Å². The number of benzene rings is 1. The van der Waals surface area contributed by atoms with Gasteiger partial charge in [0.2, 0.25) is 0 Å². The van der Waals surface area contributed by atoms with E-state index in [0.29, 0.717) is 31.6 Å². The summed E-state index contributed by atoms with van der Waals surface area (Å²) in [4.78, 5) is 14.2. The van der Waals surface area contributed by atoms with Crippen molar-refractivity contribution in [3.05, 3.63) is 29.6 Å². The van der Waals surface area contributed by atoms with Crippen LogP contribution in [0.5, 0.6) is 0 Å². The van der Waals surface area contributed by atoms with Crippen LogP contribution in [0.2, 0.25) is 0 Å². The number of carbonyl (C=O) groups is 1. The molecule has 24 heavy (non-hydrogen) atoms. The Labute approximate surface area is 143 Å². The molecule has 0 radical (unpaired) electrons. The van der Waals surface area contributed by atoms with E-state index in [-0.39, 0.29) is 23.2 Å². The molecule has 0 amide bonds. The van der Waals surface area contributed by atoms with Crippen LogP contribution in [0.1, 0.15) is 52.0 Å². The van der Waals surface area contributed by atoms with Gasteiger partial charge in [0.15, 0.2) is 0 Å². The molecule has 0 aromatic heterocycles. The number of piperidine rings is 1. The molecule has 2 aliphatic rings. The maximum Gasteiger partial charge on any atom is 0.309 e. The first kappa shape index (κ1) is 17.2. The first-order valence-electron chi connectivity index (χ1n) is 8.75. The van der Waals surface area contributed by atoms with Gasteiger partial charge in [-0.15, -0.1) is 0 Å². The van der Waals surface area contributed by atoms with Crippen molar-refractivity contribution < 1.29 is 13.9 Å². The van der Waals surface area contributed by atoms with Gasteiger partial charge in [-0.3, -0.25) is 4.79 Å². The summed E-state index contributed by atoms with van der Waals surface area (Å²) in [6, 6.07) is 5.33. The Hall–Kier alpha value is -1.62. The zero-order valence-corrected chi connectivity index (χ0v) is 14.8. The van der Waals surface area contributed by atoms with E-state index in [1.807, 2.05) is 37.8 Å². The number of hydrogen-bond donors (Lipinski definition) is 1. The zero-order chi connectivity index (χ0) is 17.5. The Morgan fingerprint density at radius 1 is 1.29 bits per heavy atom. The third kappa shape index (κ3) is 3.72. The summed E-state index contributed by atoms with van der Waals surface area (Å²) in [5.41, 5.74) is 6.84. The summed E-state index contributed by atoms with van der Waals surface area (Å²) < 4.78 is 19.9. The average Bonchev–Trinajstić information content (AvgIpc) is 3.25. The molecule has 2 fully saturated rings. The lowest BCUT2D eigenvalue weighted by atomic mass is 9.95. The number of anilines is 1. The van der Waals surface area contributed by atoms with Crippen molar-refractivity contribution in [2.75, 3.05) is 18.0 Å². The summed E-state index contributed by atoms with van der Waals surface area (Å²) in [6.07, 6.45) is 3.23. The van der Waals surface area contributed by atoms with Gasteiger partial charge in [-0.25, -0.2) is 4.39 Å². The van der Waals surface area contributed by atoms with E-state index in [9.17, 15) is 9.18 Å². The second-order valence-corrected chi connectivity index (χ2v) is 8.12. The Balaban J connectivity index is 1.62. The number of carbonyl (C=O) groups excluding carboxylic acids is 1. The van der Waals surface area contributed by atoms with Crippen molar-refractivity contribution >= 4 is 11.7 Å². The Morgan fingerprint density at radius 2 is 1.92 bits per heavy atom. The molecule has 2 N–H and O–H groups in total. The highest BCUT2D eigenvalue weighted by Gasteiger charge is 2.40. The highest BCUT2D eigenvalue weighted by molar-refractivity contribution is 5.73. The molecule has 1 heterocycles. The molecule has 0 bridgehead atoms. The summed E-state index contributed by atoms with van der Waals surface area (Å²) in [6.45, 7) is 6.95. The minimum Gasteiger partial charge on any atom is -0.460 e. The smallest absolute Gasteiger partial charge is 0.309 e. The van der Waals surface area contributed by atoms with Crippen LogP contribution in [0.15, 0.2) is 18.2 Å². The number of ether oxygens (including phenoxy) is 1. The van der Waals surface area contributed by atoms with Gasteiger partial charge in [-0.2, -0.15) is 0 Å². The molecule has 1 aromatic rings. The number of rotatable bonds is 3. The van der Waals surface area contributed by atoms with Gasteiger partial charge in [0.05, 0.1) is 11.6 Å². The molecule has 1 aliphatic carbocycles. The molecule has 1 saturated carbocycles. The predicted octanol–water partition coefficient (Wildman–Crippen LogP) is 3.33. The lowest BCUT2D eigenvalue weighted by molar-refractivity contribution is -0.160. The van der Waals surface area contributed by atoms with Gasteiger partial charge in [-0.05, 0) is 64.2 Å². The second-order valence-electron chi connectivity index (χ2n) is 8.12. The van der Waals surface area contributed by atoms with Crippen molar-refractivity contribution in [3.63, 3.8) is 0 Å². The lowest BCUT2D eigenvalue weighted by Crippen LogP contribution is -2.39. The largest absolute Gasteiger partial charge is 0.460 e. The normalized spacial score (nSPS) is 20.8. The molecule has 0 atom stereocenters. The van der Waals surface area contributed by atoms with Crippen LogP contribution in [-0.4, -0.2) is 24.7 Å². The standard InChI is InChI=1S/C19H27FN2O2/c1-18(2,3)24-17(23)13-6-10-22(11-7-13)16-5-4-14(12-15(16)20)19(21)8-9-19/h4-5,12-13H,6-11,21H2,1-3H3. The minimum atomic E-state index is -0.461. The Morgan fingerprint density at radius 3 is 2.42 bits per heavy atom. The molecule has 5 heteroatoms. The number of hydrogen-bond acceptors (Lipinski definition) is 4. The van der Waals surface area contributed by atoms with E-state index in [2.05, 4.69) is 0 Å². The molecule has 4 nitrogen and oxygen atoms in total. The molecule has 0 spiro atoms. The number of halogens is 1. The number of nitrogens with zero attached hydrogens (tertiary/aromatic N) is 1. The first-order valence-corrected chi connectivity index (χ1v) is 8.75. The first-order chi connectivity index (χ1) is 11.2.